The maximum Gasteiger partial charge on any atom is 0.0465 e. The molecule has 0 amide bonds. The van der Waals surface area contributed by atoms with Crippen LogP contribution >= 0.6 is 0 Å². The van der Waals surface area contributed by atoms with Gasteiger partial charge in [0, 0.05) is 21.8 Å². The van der Waals surface area contributed by atoms with E-state index in [1.807, 2.05) is 12.2 Å². The molecule has 0 saturated carbocycles. The Morgan fingerprint density at radius 3 is 1.65 bits per heavy atom. The van der Waals surface area contributed by atoms with Gasteiger partial charge in [-0.3, -0.25) is 0 Å². The highest BCUT2D eigenvalue weighted by atomic mass is 14.7. The van der Waals surface area contributed by atoms with Crippen molar-refractivity contribution in [2.75, 3.05) is 0 Å². The summed E-state index contributed by atoms with van der Waals surface area (Å²) in [7, 11) is 0. The van der Waals surface area contributed by atoms with E-state index in [2.05, 4.69) is 54.5 Å². The lowest BCUT2D eigenvalue weighted by Gasteiger charge is -1.96. The molecule has 1 N–H and O–H groups in total. The Hall–Kier alpha value is -2.28. The van der Waals surface area contributed by atoms with E-state index in [1.54, 1.807) is 0 Å². The van der Waals surface area contributed by atoms with Crippen LogP contribution in [0.5, 0.6) is 0 Å². The molecule has 0 radical (unpaired) electrons. The van der Waals surface area contributed by atoms with Crippen LogP contribution in [0.25, 0.3) is 34.0 Å². The summed E-state index contributed by atoms with van der Waals surface area (Å²) >= 11 is 0. The minimum absolute atomic E-state index is 1.14. The number of nitrogens with one attached hydrogen (secondary N) is 1. The smallest absolute Gasteiger partial charge is 0.0465 e. The first-order valence-corrected chi connectivity index (χ1v) is 5.62. The minimum atomic E-state index is 1.14. The lowest BCUT2D eigenvalue weighted by atomic mass is 10.1. The van der Waals surface area contributed by atoms with Crippen molar-refractivity contribution < 1.29 is 0 Å². The molecule has 3 aromatic rings. The molecule has 1 heterocycles. The van der Waals surface area contributed by atoms with E-state index < -0.39 is 0 Å². The Labute approximate surface area is 100 Å². The van der Waals surface area contributed by atoms with Gasteiger partial charge in [0.2, 0.25) is 0 Å². The van der Waals surface area contributed by atoms with Gasteiger partial charge in [-0.25, -0.2) is 0 Å². The van der Waals surface area contributed by atoms with Crippen molar-refractivity contribution in [1.29, 1.82) is 0 Å². The van der Waals surface area contributed by atoms with Crippen molar-refractivity contribution in [3.63, 3.8) is 0 Å². The van der Waals surface area contributed by atoms with Crippen molar-refractivity contribution >= 4 is 34.0 Å². The fraction of sp³-hybridized carbons (Fsp3) is 0. The first-order valence-electron chi connectivity index (χ1n) is 5.62. The van der Waals surface area contributed by atoms with E-state index in [4.69, 9.17) is 0 Å². The number of hydrogen-bond donors (Lipinski definition) is 1. The Kier molecular flexibility index (Phi) is 2.12. The number of H-pyrrole nitrogens is 1. The molecule has 1 aromatic heterocycles. The van der Waals surface area contributed by atoms with Crippen LogP contribution in [0.15, 0.2) is 49.6 Å². The van der Waals surface area contributed by atoms with Crippen LogP contribution in [0.1, 0.15) is 11.1 Å². The Balaban J connectivity index is 2.45. The van der Waals surface area contributed by atoms with Gasteiger partial charge >= 0.3 is 0 Å². The molecule has 0 atom stereocenters. The van der Waals surface area contributed by atoms with Gasteiger partial charge in [0.25, 0.3) is 0 Å². The van der Waals surface area contributed by atoms with Crippen molar-refractivity contribution in [2.45, 2.75) is 0 Å². The highest BCUT2D eigenvalue weighted by Crippen LogP contribution is 2.27. The molecule has 0 bridgehead atoms. The van der Waals surface area contributed by atoms with Gasteiger partial charge in [-0.05, 0) is 35.4 Å². The molecule has 17 heavy (non-hydrogen) atoms. The standard InChI is InChI=1S/C16H13N/c1-3-11-5-7-15-13(9-11)14-10-12(4-2)6-8-16(14)17-15/h3-10,17H,1-2H2. The van der Waals surface area contributed by atoms with E-state index in [-0.39, 0.29) is 0 Å². The third-order valence-electron chi connectivity index (χ3n) is 3.12. The molecule has 0 aliphatic rings. The van der Waals surface area contributed by atoms with Crippen LogP contribution in [0.4, 0.5) is 0 Å². The number of aromatic nitrogens is 1. The summed E-state index contributed by atoms with van der Waals surface area (Å²) in [5.41, 5.74) is 4.60. The Morgan fingerprint density at radius 2 is 1.24 bits per heavy atom. The summed E-state index contributed by atoms with van der Waals surface area (Å²) in [6.07, 6.45) is 3.74. The number of benzene rings is 2. The van der Waals surface area contributed by atoms with Gasteiger partial charge in [-0.15, -0.1) is 0 Å². The lowest BCUT2D eigenvalue weighted by molar-refractivity contribution is 1.54. The second-order valence-electron chi connectivity index (χ2n) is 4.14. The van der Waals surface area contributed by atoms with Gasteiger partial charge in [-0.2, -0.15) is 0 Å². The maximum atomic E-state index is 3.81. The topological polar surface area (TPSA) is 15.8 Å². The zero-order valence-corrected chi connectivity index (χ0v) is 9.53. The number of rotatable bonds is 2. The van der Waals surface area contributed by atoms with E-state index in [1.165, 1.54) is 10.8 Å². The molecular formula is C16H13N. The number of aromatic amines is 1. The predicted octanol–water partition coefficient (Wildman–Crippen LogP) is 4.61. The van der Waals surface area contributed by atoms with Crippen LogP contribution in [-0.4, -0.2) is 4.98 Å². The summed E-state index contributed by atoms with van der Waals surface area (Å²) in [5, 5.41) is 2.47. The van der Waals surface area contributed by atoms with Crippen LogP contribution < -0.4 is 0 Å². The number of hydrogen-bond acceptors (Lipinski definition) is 0. The van der Waals surface area contributed by atoms with Gasteiger partial charge < -0.3 is 4.98 Å². The van der Waals surface area contributed by atoms with E-state index in [9.17, 15) is 0 Å². The first kappa shape index (κ1) is 9.91. The molecule has 1 nitrogen and oxygen atoms in total. The third kappa shape index (κ3) is 1.48. The monoisotopic (exact) mass is 219 g/mol. The molecule has 0 saturated heterocycles. The molecule has 1 heteroatoms. The van der Waals surface area contributed by atoms with Crippen molar-refractivity contribution in [1.82, 2.24) is 4.98 Å². The van der Waals surface area contributed by atoms with Gasteiger partial charge in [0.1, 0.15) is 0 Å². The van der Waals surface area contributed by atoms with Gasteiger partial charge in [0.05, 0.1) is 0 Å². The normalized spacial score (nSPS) is 10.8. The molecular weight excluding hydrogens is 206 g/mol. The van der Waals surface area contributed by atoms with Crippen molar-refractivity contribution in [3.05, 3.63) is 60.7 Å². The third-order valence-corrected chi connectivity index (χ3v) is 3.12. The highest BCUT2D eigenvalue weighted by molar-refractivity contribution is 6.08. The zero-order chi connectivity index (χ0) is 11.8. The highest BCUT2D eigenvalue weighted by Gasteiger charge is 2.04. The van der Waals surface area contributed by atoms with Crippen LogP contribution in [0.3, 0.4) is 0 Å². The fourth-order valence-corrected chi connectivity index (χ4v) is 2.19. The van der Waals surface area contributed by atoms with Gasteiger partial charge in [-0.1, -0.05) is 37.4 Å². The van der Waals surface area contributed by atoms with Crippen molar-refractivity contribution in [2.24, 2.45) is 0 Å². The molecule has 0 fully saturated rings. The second-order valence-corrected chi connectivity index (χ2v) is 4.14. The fourth-order valence-electron chi connectivity index (χ4n) is 2.19. The molecule has 0 aliphatic carbocycles. The summed E-state index contributed by atoms with van der Waals surface area (Å²) in [6, 6.07) is 12.7. The molecule has 3 rings (SSSR count). The molecule has 0 unspecified atom stereocenters. The maximum absolute atomic E-state index is 3.81. The Morgan fingerprint density at radius 1 is 0.765 bits per heavy atom. The average molecular weight is 219 g/mol. The Bertz CT molecular complexity index is 669. The zero-order valence-electron chi connectivity index (χ0n) is 9.53. The van der Waals surface area contributed by atoms with Crippen molar-refractivity contribution in [3.8, 4) is 0 Å². The largest absolute Gasteiger partial charge is 0.355 e. The predicted molar refractivity (Wildman–Crippen MR) is 76.0 cm³/mol. The van der Waals surface area contributed by atoms with Crippen LogP contribution in [0.2, 0.25) is 0 Å². The van der Waals surface area contributed by atoms with Crippen LogP contribution in [-0.2, 0) is 0 Å². The number of fused-ring (bicyclic) bond motifs is 3. The van der Waals surface area contributed by atoms with Crippen LogP contribution in [0, 0.1) is 0 Å². The van der Waals surface area contributed by atoms with E-state index in [0.29, 0.717) is 0 Å². The summed E-state index contributed by atoms with van der Waals surface area (Å²) in [4.78, 5) is 3.41. The molecule has 82 valence electrons. The first-order chi connectivity index (χ1) is 8.31. The van der Waals surface area contributed by atoms with Gasteiger partial charge in [0.15, 0.2) is 0 Å². The summed E-state index contributed by atoms with van der Waals surface area (Å²) in [6.45, 7) is 7.62. The molecule has 0 aliphatic heterocycles. The second kappa shape index (κ2) is 3.63. The molecule has 2 aromatic carbocycles. The average Bonchev–Trinajstić information content (AvgIpc) is 2.75. The lowest BCUT2D eigenvalue weighted by Crippen LogP contribution is -1.73. The quantitative estimate of drug-likeness (QED) is 0.648. The minimum Gasteiger partial charge on any atom is -0.355 e. The van der Waals surface area contributed by atoms with E-state index >= 15 is 0 Å². The summed E-state index contributed by atoms with van der Waals surface area (Å²) in [5.74, 6) is 0. The molecule has 0 spiro atoms. The summed E-state index contributed by atoms with van der Waals surface area (Å²) < 4.78 is 0. The SMILES string of the molecule is C=Cc1ccc2[nH]c3ccc(C=C)cc3c2c1. The van der Waals surface area contributed by atoms with E-state index in [0.717, 1.165) is 22.2 Å².